The van der Waals surface area contributed by atoms with Crippen molar-refractivity contribution in [1.29, 1.82) is 0 Å². The Bertz CT molecular complexity index is 966. The second kappa shape index (κ2) is 13.7. The number of halogens is 1. The molecular formula is C28H42FN3O3. The minimum atomic E-state index is -0.389. The van der Waals surface area contributed by atoms with Crippen molar-refractivity contribution in [2.24, 2.45) is 11.8 Å². The average Bonchev–Trinajstić information content (AvgIpc) is 3.21. The summed E-state index contributed by atoms with van der Waals surface area (Å²) in [6, 6.07) is 5.85. The van der Waals surface area contributed by atoms with Crippen LogP contribution in [0.1, 0.15) is 60.6 Å². The fourth-order valence-electron chi connectivity index (χ4n) is 5.47. The lowest BCUT2D eigenvalue weighted by atomic mass is 9.75. The van der Waals surface area contributed by atoms with Gasteiger partial charge in [0, 0.05) is 55.4 Å². The monoisotopic (exact) mass is 487 g/mol. The van der Waals surface area contributed by atoms with Crippen molar-refractivity contribution in [1.82, 2.24) is 14.8 Å². The third-order valence-electron chi connectivity index (χ3n) is 7.51. The molecule has 1 fully saturated rings. The van der Waals surface area contributed by atoms with Crippen molar-refractivity contribution >= 4 is 23.1 Å². The summed E-state index contributed by atoms with van der Waals surface area (Å²) in [4.78, 5) is 25.2. The number of rotatable bonds is 9. The number of nitrogens with zero attached hydrogens (tertiary/aromatic N) is 2. The largest absolute Gasteiger partial charge is 0.381 e. The maximum Gasteiger partial charge on any atom is 0.253 e. The van der Waals surface area contributed by atoms with Crippen molar-refractivity contribution in [3.8, 4) is 0 Å². The summed E-state index contributed by atoms with van der Waals surface area (Å²) in [5.74, 6) is 1.29. The number of alkyl halides is 1. The molecule has 0 bridgehead atoms. The van der Waals surface area contributed by atoms with Gasteiger partial charge in [-0.1, -0.05) is 6.92 Å². The minimum absolute atomic E-state index is 0.0309. The van der Waals surface area contributed by atoms with E-state index in [4.69, 9.17) is 4.74 Å². The van der Waals surface area contributed by atoms with Crippen LogP contribution in [0.15, 0.2) is 18.2 Å². The number of carbonyl (C=O) groups is 2. The van der Waals surface area contributed by atoms with Gasteiger partial charge < -0.3 is 24.3 Å². The van der Waals surface area contributed by atoms with E-state index in [2.05, 4.69) is 16.8 Å². The number of aromatic nitrogens is 1. The molecule has 0 spiro atoms. The Hall–Kier alpha value is -2.25. The second-order valence-corrected chi connectivity index (χ2v) is 9.69. The highest BCUT2D eigenvalue weighted by atomic mass is 19.1. The quantitative estimate of drug-likeness (QED) is 0.420. The number of hydrogen-bond acceptors (Lipinski definition) is 4. The fraction of sp³-hybridized carbons (Fsp3) is 0.643. The Morgan fingerprint density at radius 1 is 1.26 bits per heavy atom. The second-order valence-electron chi connectivity index (χ2n) is 9.69. The van der Waals surface area contributed by atoms with Gasteiger partial charge >= 0.3 is 0 Å². The van der Waals surface area contributed by atoms with Gasteiger partial charge in [0.1, 0.15) is 13.0 Å². The number of benzene rings is 1. The lowest BCUT2D eigenvalue weighted by Crippen LogP contribution is -2.28. The first-order chi connectivity index (χ1) is 17.0. The lowest BCUT2D eigenvalue weighted by Gasteiger charge is -2.33. The van der Waals surface area contributed by atoms with Crippen molar-refractivity contribution in [2.75, 3.05) is 47.1 Å². The van der Waals surface area contributed by atoms with Crippen LogP contribution in [-0.4, -0.2) is 68.7 Å². The average molecular weight is 488 g/mol. The van der Waals surface area contributed by atoms with E-state index in [1.165, 1.54) is 11.3 Å². The molecule has 1 aromatic heterocycles. The number of aldehydes is 1. The van der Waals surface area contributed by atoms with Gasteiger partial charge in [-0.15, -0.1) is 0 Å². The van der Waals surface area contributed by atoms with Crippen LogP contribution in [0.4, 0.5) is 4.39 Å². The zero-order valence-corrected chi connectivity index (χ0v) is 21.7. The van der Waals surface area contributed by atoms with Gasteiger partial charge in [-0.2, -0.15) is 0 Å². The molecule has 6 nitrogen and oxygen atoms in total. The van der Waals surface area contributed by atoms with Gasteiger partial charge in [0.05, 0.1) is 6.54 Å². The summed E-state index contributed by atoms with van der Waals surface area (Å²) in [5.41, 5.74) is 4.26. The summed E-state index contributed by atoms with van der Waals surface area (Å²) >= 11 is 0. The zero-order chi connectivity index (χ0) is 25.2. The van der Waals surface area contributed by atoms with Gasteiger partial charge in [0.2, 0.25) is 0 Å². The predicted molar refractivity (Wildman–Crippen MR) is 139 cm³/mol. The first-order valence-corrected chi connectivity index (χ1v) is 13.2. The van der Waals surface area contributed by atoms with E-state index in [-0.39, 0.29) is 12.6 Å². The molecule has 4 rings (SSSR count). The van der Waals surface area contributed by atoms with E-state index >= 15 is 0 Å². The number of aryl methyl sites for hydroxylation is 1. The third kappa shape index (κ3) is 6.70. The first-order valence-electron chi connectivity index (χ1n) is 13.2. The van der Waals surface area contributed by atoms with Crippen LogP contribution in [0.25, 0.3) is 10.9 Å². The molecule has 0 radical (unpaired) electrons. The zero-order valence-electron chi connectivity index (χ0n) is 21.7. The Kier molecular flexibility index (Phi) is 10.7. The Balaban J connectivity index is 0.000000795. The van der Waals surface area contributed by atoms with Crippen molar-refractivity contribution in [3.63, 3.8) is 0 Å². The number of amides is 1. The molecule has 1 unspecified atom stereocenters. The maximum absolute atomic E-state index is 13.4. The molecule has 2 heterocycles. The van der Waals surface area contributed by atoms with E-state index in [1.54, 1.807) is 11.9 Å². The van der Waals surface area contributed by atoms with Crippen molar-refractivity contribution in [2.45, 2.75) is 58.4 Å². The van der Waals surface area contributed by atoms with E-state index in [1.807, 2.05) is 25.2 Å². The van der Waals surface area contributed by atoms with Crippen molar-refractivity contribution in [3.05, 3.63) is 35.0 Å². The number of ether oxygens (including phenoxy) is 1. The molecule has 1 aliphatic heterocycles. The molecule has 2 aliphatic rings. The SMILES string of the molecule is CCNC.CN(CCCC=O)C(=O)c1ccc2c(c1)c1c(n2CCF)CCC(C2CCOCC2)C1. The third-order valence-corrected chi connectivity index (χ3v) is 7.51. The van der Waals surface area contributed by atoms with Crippen LogP contribution in [-0.2, 0) is 28.9 Å². The highest BCUT2D eigenvalue weighted by Crippen LogP contribution is 2.39. The first kappa shape index (κ1) is 27.3. The highest BCUT2D eigenvalue weighted by molar-refractivity contribution is 5.99. The number of nitrogens with one attached hydrogen (secondary N) is 1. The van der Waals surface area contributed by atoms with Gasteiger partial charge in [0.25, 0.3) is 5.91 Å². The van der Waals surface area contributed by atoms with Crippen LogP contribution >= 0.6 is 0 Å². The fourth-order valence-corrected chi connectivity index (χ4v) is 5.47. The summed E-state index contributed by atoms with van der Waals surface area (Å²) in [7, 11) is 3.71. The standard InChI is InChI=1S/C25H33FN2O3.C3H9N/c1-27(11-2-3-13-29)25(30)20-5-7-24-22(17-20)21-16-19(18-8-14-31-15-9-18)4-6-23(21)28(24)12-10-26;1-3-4-2/h5,7,13,17-19H,2-4,6,8-12,14-16H2,1H3;4H,3H2,1-2H3. The maximum atomic E-state index is 13.4. The van der Waals surface area contributed by atoms with E-state index < -0.39 is 0 Å². The van der Waals surface area contributed by atoms with Gasteiger partial charge in [-0.3, -0.25) is 4.79 Å². The lowest BCUT2D eigenvalue weighted by molar-refractivity contribution is -0.108. The number of unbranched alkanes of at least 4 members (excludes halogenated alkanes) is 1. The molecule has 194 valence electrons. The van der Waals surface area contributed by atoms with Crippen LogP contribution < -0.4 is 5.32 Å². The van der Waals surface area contributed by atoms with Gasteiger partial charge in [-0.25, -0.2) is 4.39 Å². The summed E-state index contributed by atoms with van der Waals surface area (Å²) in [6.07, 6.45) is 7.39. The molecule has 35 heavy (non-hydrogen) atoms. The predicted octanol–water partition coefficient (Wildman–Crippen LogP) is 4.42. The summed E-state index contributed by atoms with van der Waals surface area (Å²) in [6.45, 7) is 5.38. The molecule has 1 amide bonds. The Labute approximate surface area is 209 Å². The van der Waals surface area contributed by atoms with E-state index in [0.717, 1.165) is 69.1 Å². The smallest absolute Gasteiger partial charge is 0.253 e. The molecule has 1 saturated heterocycles. The Morgan fingerprint density at radius 3 is 2.66 bits per heavy atom. The highest BCUT2D eigenvalue weighted by Gasteiger charge is 2.31. The van der Waals surface area contributed by atoms with Crippen molar-refractivity contribution < 1.29 is 18.7 Å². The van der Waals surface area contributed by atoms with Gasteiger partial charge in [-0.05, 0) is 87.7 Å². The molecule has 7 heteroatoms. The molecular weight excluding hydrogens is 445 g/mol. The normalized spacial score (nSPS) is 18.0. The van der Waals surface area contributed by atoms with Crippen LogP contribution in [0.3, 0.4) is 0 Å². The summed E-state index contributed by atoms with van der Waals surface area (Å²) in [5, 5.41) is 4.03. The molecule has 1 atom stereocenters. The van der Waals surface area contributed by atoms with Crippen LogP contribution in [0.5, 0.6) is 0 Å². The van der Waals surface area contributed by atoms with E-state index in [9.17, 15) is 14.0 Å². The number of carbonyl (C=O) groups excluding carboxylic acids is 2. The molecule has 0 saturated carbocycles. The Morgan fingerprint density at radius 2 is 2.00 bits per heavy atom. The number of hydrogen-bond donors (Lipinski definition) is 1. The minimum Gasteiger partial charge on any atom is -0.381 e. The van der Waals surface area contributed by atoms with Crippen LogP contribution in [0.2, 0.25) is 0 Å². The summed E-state index contributed by atoms with van der Waals surface area (Å²) < 4.78 is 21.1. The molecule has 2 aromatic rings. The molecule has 1 aliphatic carbocycles. The topological polar surface area (TPSA) is 63.6 Å². The molecule has 1 N–H and O–H groups in total. The van der Waals surface area contributed by atoms with Crippen LogP contribution in [0, 0.1) is 11.8 Å². The van der Waals surface area contributed by atoms with E-state index in [0.29, 0.717) is 43.3 Å². The molecule has 1 aromatic carbocycles. The number of fused-ring (bicyclic) bond motifs is 3. The van der Waals surface area contributed by atoms with Gasteiger partial charge in [0.15, 0.2) is 0 Å².